The maximum atomic E-state index is 13.1. The van der Waals surface area contributed by atoms with Gasteiger partial charge in [-0.15, -0.1) is 0 Å². The molecule has 0 atom stereocenters. The Kier molecular flexibility index (Phi) is 4.27. The second kappa shape index (κ2) is 6.51. The summed E-state index contributed by atoms with van der Waals surface area (Å²) in [5.74, 6) is -0.673. The summed E-state index contributed by atoms with van der Waals surface area (Å²) < 4.78 is 26.1. The molecule has 5 nitrogen and oxygen atoms in total. The molecule has 1 aliphatic rings. The maximum absolute atomic E-state index is 13.1. The lowest BCUT2D eigenvalue weighted by atomic mass is 9.88. The molecule has 1 aliphatic carbocycles. The van der Waals surface area contributed by atoms with E-state index in [1.165, 1.54) is 24.5 Å². The Morgan fingerprint density at radius 3 is 2.43 bits per heavy atom. The van der Waals surface area contributed by atoms with Crippen LogP contribution in [0.4, 0.5) is 8.78 Å². The SMILES string of the molecule is O=C1C(=Cc2ccnc(F)n2)CCCC1=Cc1nccc(F)n1. The standard InChI is InChI=1S/C16H12F2N4O/c17-13-5-7-19-14(22-13)9-11-3-1-2-10(15(11)23)8-12-4-6-20-16(18)21-12/h4-9H,1-3H2. The number of ketones is 1. The van der Waals surface area contributed by atoms with Crippen LogP contribution in [-0.2, 0) is 4.79 Å². The zero-order chi connectivity index (χ0) is 16.2. The molecule has 0 aromatic carbocycles. The van der Waals surface area contributed by atoms with Crippen LogP contribution in [0.5, 0.6) is 0 Å². The van der Waals surface area contributed by atoms with Crippen LogP contribution in [0.25, 0.3) is 12.2 Å². The number of hydrogen-bond acceptors (Lipinski definition) is 5. The summed E-state index contributed by atoms with van der Waals surface area (Å²) in [4.78, 5) is 27.0. The largest absolute Gasteiger partial charge is 0.309 e. The van der Waals surface area contributed by atoms with E-state index < -0.39 is 12.0 Å². The molecule has 0 aliphatic heterocycles. The Bertz CT molecular complexity index is 752. The number of carbonyl (C=O) groups is 1. The van der Waals surface area contributed by atoms with Crippen LogP contribution in [0.3, 0.4) is 0 Å². The van der Waals surface area contributed by atoms with Gasteiger partial charge >= 0.3 is 6.08 Å². The zero-order valence-corrected chi connectivity index (χ0v) is 12.0. The molecule has 1 saturated carbocycles. The second-order valence-corrected chi connectivity index (χ2v) is 5.01. The topological polar surface area (TPSA) is 68.6 Å². The Balaban J connectivity index is 1.89. The quantitative estimate of drug-likeness (QED) is 0.484. The van der Waals surface area contributed by atoms with Crippen molar-refractivity contribution in [3.05, 3.63) is 59.2 Å². The van der Waals surface area contributed by atoms with Crippen LogP contribution in [0.1, 0.15) is 30.8 Å². The van der Waals surface area contributed by atoms with Crippen LogP contribution in [0.2, 0.25) is 0 Å². The first-order valence-electron chi connectivity index (χ1n) is 7.05. The van der Waals surface area contributed by atoms with Crippen molar-refractivity contribution < 1.29 is 13.6 Å². The molecule has 0 N–H and O–H groups in total. The number of nitrogens with zero attached hydrogens (tertiary/aromatic N) is 4. The normalized spacial score (nSPS) is 18.6. The van der Waals surface area contributed by atoms with Crippen molar-refractivity contribution in [1.82, 2.24) is 19.9 Å². The van der Waals surface area contributed by atoms with Gasteiger partial charge in [-0.1, -0.05) is 0 Å². The van der Waals surface area contributed by atoms with E-state index in [4.69, 9.17) is 0 Å². The minimum absolute atomic E-state index is 0.155. The minimum atomic E-state index is -0.841. The van der Waals surface area contributed by atoms with Gasteiger partial charge < -0.3 is 0 Å². The monoisotopic (exact) mass is 314 g/mol. The van der Waals surface area contributed by atoms with E-state index in [0.717, 1.165) is 12.5 Å². The highest BCUT2D eigenvalue weighted by atomic mass is 19.1. The summed E-state index contributed by atoms with van der Waals surface area (Å²) in [6, 6.07) is 2.66. The maximum Gasteiger partial charge on any atom is 0.309 e. The number of carbonyl (C=O) groups excluding carboxylic acids is 1. The molecule has 0 bridgehead atoms. The van der Waals surface area contributed by atoms with Gasteiger partial charge in [0.25, 0.3) is 0 Å². The fourth-order valence-corrected chi connectivity index (χ4v) is 2.36. The number of halogens is 2. The van der Waals surface area contributed by atoms with Crippen molar-refractivity contribution in [2.24, 2.45) is 0 Å². The average molecular weight is 314 g/mol. The second-order valence-electron chi connectivity index (χ2n) is 5.01. The highest BCUT2D eigenvalue weighted by molar-refractivity contribution is 6.13. The third-order valence-electron chi connectivity index (χ3n) is 3.39. The fourth-order valence-electron chi connectivity index (χ4n) is 2.36. The third-order valence-corrected chi connectivity index (χ3v) is 3.39. The van der Waals surface area contributed by atoms with Gasteiger partial charge in [0.15, 0.2) is 11.6 Å². The number of Topliss-reactive ketones (excluding diaryl/α,β-unsaturated/α-hetero) is 1. The fraction of sp³-hybridized carbons (Fsp3) is 0.188. The molecule has 0 spiro atoms. The lowest BCUT2D eigenvalue weighted by Gasteiger charge is -2.16. The molecular formula is C16H12F2N4O. The van der Waals surface area contributed by atoms with E-state index in [0.29, 0.717) is 29.7 Å². The number of rotatable bonds is 2. The first-order valence-corrected chi connectivity index (χ1v) is 7.05. The van der Waals surface area contributed by atoms with Crippen LogP contribution in [-0.4, -0.2) is 25.7 Å². The Morgan fingerprint density at radius 2 is 1.70 bits per heavy atom. The number of allylic oxidation sites excluding steroid dienone is 2. The number of hydrogen-bond donors (Lipinski definition) is 0. The van der Waals surface area contributed by atoms with E-state index in [1.54, 1.807) is 6.08 Å². The van der Waals surface area contributed by atoms with Gasteiger partial charge in [-0.3, -0.25) is 4.79 Å². The third kappa shape index (κ3) is 3.68. The van der Waals surface area contributed by atoms with E-state index in [2.05, 4.69) is 19.9 Å². The van der Waals surface area contributed by atoms with Gasteiger partial charge in [0.05, 0.1) is 5.69 Å². The Labute approximate surface area is 130 Å². The summed E-state index contributed by atoms with van der Waals surface area (Å²) in [6.07, 6.45) is 6.67. The lowest BCUT2D eigenvalue weighted by molar-refractivity contribution is -0.112. The molecule has 0 unspecified atom stereocenters. The summed E-state index contributed by atoms with van der Waals surface area (Å²) >= 11 is 0. The van der Waals surface area contributed by atoms with Gasteiger partial charge in [0.1, 0.15) is 0 Å². The van der Waals surface area contributed by atoms with Gasteiger partial charge in [-0.25, -0.2) is 19.9 Å². The molecule has 1 fully saturated rings. The first-order chi connectivity index (χ1) is 11.1. The van der Waals surface area contributed by atoms with Crippen molar-refractivity contribution in [3.63, 3.8) is 0 Å². The molecule has 0 radical (unpaired) electrons. The summed E-state index contributed by atoms with van der Waals surface area (Å²) in [6.45, 7) is 0. The minimum Gasteiger partial charge on any atom is -0.289 e. The summed E-state index contributed by atoms with van der Waals surface area (Å²) in [5.41, 5.74) is 1.36. The van der Waals surface area contributed by atoms with E-state index in [1.807, 2.05) is 0 Å². The van der Waals surface area contributed by atoms with Crippen molar-refractivity contribution in [2.45, 2.75) is 19.3 Å². The lowest BCUT2D eigenvalue weighted by Crippen LogP contribution is -2.13. The average Bonchev–Trinajstić information content (AvgIpc) is 2.51. The molecule has 2 aromatic rings. The molecular weight excluding hydrogens is 302 g/mol. The van der Waals surface area contributed by atoms with E-state index in [9.17, 15) is 13.6 Å². The van der Waals surface area contributed by atoms with E-state index in [-0.39, 0.29) is 11.6 Å². The molecule has 116 valence electrons. The van der Waals surface area contributed by atoms with Crippen molar-refractivity contribution in [1.29, 1.82) is 0 Å². The van der Waals surface area contributed by atoms with Gasteiger partial charge in [-0.2, -0.15) is 8.78 Å². The predicted octanol–water partition coefficient (Wildman–Crippen LogP) is 2.76. The molecule has 7 heteroatoms. The van der Waals surface area contributed by atoms with Gasteiger partial charge in [0.2, 0.25) is 5.95 Å². The van der Waals surface area contributed by atoms with Crippen LogP contribution in [0.15, 0.2) is 35.7 Å². The Hall–Kier alpha value is -2.83. The molecule has 2 heterocycles. The molecule has 0 amide bonds. The highest BCUT2D eigenvalue weighted by Crippen LogP contribution is 2.27. The molecule has 0 saturated heterocycles. The van der Waals surface area contributed by atoms with E-state index >= 15 is 0 Å². The van der Waals surface area contributed by atoms with Crippen molar-refractivity contribution in [2.75, 3.05) is 0 Å². The van der Waals surface area contributed by atoms with Gasteiger partial charge in [0, 0.05) is 29.6 Å². The molecule has 3 rings (SSSR count). The zero-order valence-electron chi connectivity index (χ0n) is 12.0. The molecule has 23 heavy (non-hydrogen) atoms. The van der Waals surface area contributed by atoms with Crippen LogP contribution < -0.4 is 0 Å². The smallest absolute Gasteiger partial charge is 0.289 e. The van der Waals surface area contributed by atoms with Gasteiger partial charge in [-0.05, 0) is 37.5 Å². The van der Waals surface area contributed by atoms with Crippen molar-refractivity contribution >= 4 is 17.9 Å². The summed E-state index contributed by atoms with van der Waals surface area (Å²) in [7, 11) is 0. The first kappa shape index (κ1) is 15.1. The predicted molar refractivity (Wildman–Crippen MR) is 78.8 cm³/mol. The van der Waals surface area contributed by atoms with Crippen LogP contribution >= 0.6 is 0 Å². The van der Waals surface area contributed by atoms with Crippen molar-refractivity contribution in [3.8, 4) is 0 Å². The Morgan fingerprint density at radius 1 is 0.957 bits per heavy atom. The molecule has 2 aromatic heterocycles. The number of aromatic nitrogens is 4. The highest BCUT2D eigenvalue weighted by Gasteiger charge is 2.21. The van der Waals surface area contributed by atoms with Crippen LogP contribution in [0, 0.1) is 12.0 Å². The summed E-state index contributed by atoms with van der Waals surface area (Å²) in [5, 5.41) is 0.